The van der Waals surface area contributed by atoms with E-state index in [4.69, 9.17) is 4.74 Å². The van der Waals surface area contributed by atoms with Crippen molar-refractivity contribution >= 4 is 11.6 Å². The predicted octanol–water partition coefficient (Wildman–Crippen LogP) is 0.828. The Morgan fingerprint density at radius 3 is 3.29 bits per heavy atom. The van der Waals surface area contributed by atoms with Crippen molar-refractivity contribution in [1.82, 2.24) is 5.32 Å². The van der Waals surface area contributed by atoms with E-state index in [1.165, 1.54) is 6.92 Å². The number of morpholine rings is 1. The van der Waals surface area contributed by atoms with Crippen LogP contribution in [-0.2, 0) is 9.53 Å². The van der Waals surface area contributed by atoms with Crippen LogP contribution in [0, 0.1) is 6.07 Å². The highest BCUT2D eigenvalue weighted by Gasteiger charge is 2.20. The van der Waals surface area contributed by atoms with Gasteiger partial charge in [0.15, 0.2) is 0 Å². The number of amides is 1. The molecule has 0 aliphatic carbocycles. The van der Waals surface area contributed by atoms with Gasteiger partial charge in [-0.3, -0.25) is 4.79 Å². The maximum atomic E-state index is 10.9. The number of anilines is 1. The van der Waals surface area contributed by atoms with Crippen LogP contribution in [0.3, 0.4) is 0 Å². The second kappa shape index (κ2) is 5.68. The number of benzene rings is 1. The normalized spacial score (nSPS) is 20.1. The highest BCUT2D eigenvalue weighted by molar-refractivity contribution is 5.72. The van der Waals surface area contributed by atoms with Crippen LogP contribution in [0.15, 0.2) is 24.3 Å². The number of ether oxygens (including phenoxy) is 1. The summed E-state index contributed by atoms with van der Waals surface area (Å²) in [5.74, 6) is -0.0150. The highest BCUT2D eigenvalue weighted by Crippen LogP contribution is 2.16. The van der Waals surface area contributed by atoms with Crippen molar-refractivity contribution in [3.63, 3.8) is 0 Å². The summed E-state index contributed by atoms with van der Waals surface area (Å²) in [4.78, 5) is 13.1. The lowest BCUT2D eigenvalue weighted by Crippen LogP contribution is -2.47. The van der Waals surface area contributed by atoms with Crippen molar-refractivity contribution in [3.8, 4) is 0 Å². The molecule has 1 radical (unpaired) electrons. The van der Waals surface area contributed by atoms with Gasteiger partial charge < -0.3 is 15.0 Å². The van der Waals surface area contributed by atoms with Crippen LogP contribution in [0.4, 0.5) is 5.69 Å². The van der Waals surface area contributed by atoms with Crippen molar-refractivity contribution in [1.29, 1.82) is 0 Å². The van der Waals surface area contributed by atoms with Crippen LogP contribution < -0.4 is 10.2 Å². The van der Waals surface area contributed by atoms with Gasteiger partial charge in [0.1, 0.15) is 0 Å². The Balaban J connectivity index is 1.91. The molecule has 1 atom stereocenters. The van der Waals surface area contributed by atoms with E-state index in [0.29, 0.717) is 13.2 Å². The standard InChI is InChI=1S/C13H17N2O2/c1-11(16)14-9-13-10-15(7-8-17-13)12-5-3-2-4-6-12/h2-3,5-6,13H,7-10H2,1H3,(H,14,16). The maximum absolute atomic E-state index is 10.9. The largest absolute Gasteiger partial charge is 0.373 e. The number of carbonyl (C=O) groups is 1. The molecule has 1 unspecified atom stereocenters. The summed E-state index contributed by atoms with van der Waals surface area (Å²) in [6.45, 7) is 4.47. The van der Waals surface area contributed by atoms with Crippen molar-refractivity contribution < 1.29 is 9.53 Å². The van der Waals surface area contributed by atoms with Crippen molar-refractivity contribution in [2.24, 2.45) is 0 Å². The van der Waals surface area contributed by atoms with Crippen LogP contribution in [0.1, 0.15) is 6.92 Å². The van der Waals surface area contributed by atoms with Crippen LogP contribution >= 0.6 is 0 Å². The monoisotopic (exact) mass is 233 g/mol. The molecule has 4 heteroatoms. The Hall–Kier alpha value is -1.55. The maximum Gasteiger partial charge on any atom is 0.216 e. The van der Waals surface area contributed by atoms with E-state index in [0.717, 1.165) is 18.8 Å². The molecule has 1 aromatic carbocycles. The second-order valence-corrected chi connectivity index (χ2v) is 4.14. The number of hydrogen-bond acceptors (Lipinski definition) is 3. The number of nitrogens with one attached hydrogen (secondary N) is 1. The zero-order valence-electron chi connectivity index (χ0n) is 9.98. The van der Waals surface area contributed by atoms with Crippen molar-refractivity contribution in [3.05, 3.63) is 30.3 Å². The summed E-state index contributed by atoms with van der Waals surface area (Å²) in [6, 6.07) is 11.0. The van der Waals surface area contributed by atoms with Gasteiger partial charge in [0.2, 0.25) is 5.91 Å². The minimum Gasteiger partial charge on any atom is -0.373 e. The van der Waals surface area contributed by atoms with E-state index in [9.17, 15) is 4.79 Å². The first kappa shape index (κ1) is 11.9. The molecule has 1 aliphatic heterocycles. The van der Waals surface area contributed by atoms with Gasteiger partial charge in [-0.15, -0.1) is 0 Å². The molecule has 17 heavy (non-hydrogen) atoms. The van der Waals surface area contributed by atoms with E-state index in [1.54, 1.807) is 0 Å². The van der Waals surface area contributed by atoms with E-state index in [2.05, 4.69) is 22.3 Å². The van der Waals surface area contributed by atoms with E-state index < -0.39 is 0 Å². The first-order valence-corrected chi connectivity index (χ1v) is 5.83. The molecule has 0 aromatic heterocycles. The lowest BCUT2D eigenvalue weighted by molar-refractivity contribution is -0.119. The number of hydrogen-bond donors (Lipinski definition) is 1. The number of rotatable bonds is 3. The second-order valence-electron chi connectivity index (χ2n) is 4.14. The Kier molecular flexibility index (Phi) is 3.98. The zero-order chi connectivity index (χ0) is 12.1. The third-order valence-electron chi connectivity index (χ3n) is 2.77. The highest BCUT2D eigenvalue weighted by atomic mass is 16.5. The lowest BCUT2D eigenvalue weighted by atomic mass is 10.2. The molecule has 4 nitrogen and oxygen atoms in total. The third kappa shape index (κ3) is 3.46. The molecular weight excluding hydrogens is 216 g/mol. The zero-order valence-corrected chi connectivity index (χ0v) is 9.98. The molecule has 1 N–H and O–H groups in total. The number of nitrogens with zero attached hydrogens (tertiary/aromatic N) is 1. The first-order chi connectivity index (χ1) is 8.25. The Morgan fingerprint density at radius 2 is 2.59 bits per heavy atom. The molecule has 1 heterocycles. The molecular formula is C13H17N2O2. The summed E-state index contributed by atoms with van der Waals surface area (Å²) >= 11 is 0. The van der Waals surface area contributed by atoms with E-state index in [1.807, 2.05) is 18.2 Å². The Bertz CT molecular complexity index is 367. The Labute approximate surface area is 102 Å². The quantitative estimate of drug-likeness (QED) is 0.840. The van der Waals surface area contributed by atoms with Gasteiger partial charge in [-0.1, -0.05) is 12.1 Å². The summed E-state index contributed by atoms with van der Waals surface area (Å²) in [6.07, 6.45) is 0.0628. The topological polar surface area (TPSA) is 41.6 Å². The molecule has 1 saturated heterocycles. The SMILES string of the molecule is CC(=O)NCC1CN(c2c[c]ccc2)CCO1. The molecule has 1 fully saturated rings. The molecule has 0 bridgehead atoms. The summed E-state index contributed by atoms with van der Waals surface area (Å²) in [5, 5.41) is 2.79. The van der Waals surface area contributed by atoms with Gasteiger partial charge in [-0.05, 0) is 18.2 Å². The predicted molar refractivity (Wildman–Crippen MR) is 65.9 cm³/mol. The lowest BCUT2D eigenvalue weighted by Gasteiger charge is -2.34. The average Bonchev–Trinajstić information content (AvgIpc) is 2.38. The van der Waals surface area contributed by atoms with Crippen molar-refractivity contribution in [2.75, 3.05) is 31.1 Å². The van der Waals surface area contributed by atoms with Gasteiger partial charge in [0, 0.05) is 32.2 Å². The molecule has 1 aromatic rings. The van der Waals surface area contributed by atoms with Gasteiger partial charge >= 0.3 is 0 Å². The van der Waals surface area contributed by atoms with Crippen LogP contribution in [0.2, 0.25) is 0 Å². The Morgan fingerprint density at radius 1 is 1.71 bits per heavy atom. The van der Waals surface area contributed by atoms with Crippen LogP contribution in [0.25, 0.3) is 0 Å². The minimum absolute atomic E-state index is 0.0150. The average molecular weight is 233 g/mol. The molecule has 2 rings (SSSR count). The molecule has 91 valence electrons. The third-order valence-corrected chi connectivity index (χ3v) is 2.77. The summed E-state index contributed by atoms with van der Waals surface area (Å²) in [7, 11) is 0. The van der Waals surface area contributed by atoms with E-state index in [-0.39, 0.29) is 12.0 Å². The molecule has 0 spiro atoms. The van der Waals surface area contributed by atoms with Gasteiger partial charge in [0.05, 0.1) is 12.7 Å². The fourth-order valence-electron chi connectivity index (χ4n) is 1.92. The first-order valence-electron chi connectivity index (χ1n) is 5.83. The minimum atomic E-state index is -0.0150. The van der Waals surface area contributed by atoms with Gasteiger partial charge in [0.25, 0.3) is 0 Å². The van der Waals surface area contributed by atoms with E-state index >= 15 is 0 Å². The van der Waals surface area contributed by atoms with Crippen LogP contribution in [0.5, 0.6) is 0 Å². The fourth-order valence-corrected chi connectivity index (χ4v) is 1.92. The molecule has 0 saturated carbocycles. The van der Waals surface area contributed by atoms with Crippen LogP contribution in [-0.4, -0.2) is 38.3 Å². The summed E-state index contributed by atoms with van der Waals surface area (Å²) in [5.41, 5.74) is 1.16. The van der Waals surface area contributed by atoms with Gasteiger partial charge in [-0.25, -0.2) is 0 Å². The molecule has 1 aliphatic rings. The summed E-state index contributed by atoms with van der Waals surface area (Å²) < 4.78 is 5.61. The van der Waals surface area contributed by atoms with Crippen molar-refractivity contribution in [2.45, 2.75) is 13.0 Å². The number of carbonyl (C=O) groups excluding carboxylic acids is 1. The fraction of sp³-hybridized carbons (Fsp3) is 0.462. The van der Waals surface area contributed by atoms with Gasteiger partial charge in [-0.2, -0.15) is 0 Å². The smallest absolute Gasteiger partial charge is 0.216 e. The molecule has 1 amide bonds.